The summed E-state index contributed by atoms with van der Waals surface area (Å²) in [5, 5.41) is 2.76. The van der Waals surface area contributed by atoms with E-state index in [-0.39, 0.29) is 0 Å². The normalized spacial score (nSPS) is 20.1. The molecule has 1 atom stereocenters. The van der Waals surface area contributed by atoms with Crippen LogP contribution in [-0.2, 0) is 4.74 Å². The predicted molar refractivity (Wildman–Crippen MR) is 68.2 cm³/mol. The first-order chi connectivity index (χ1) is 8.38. The van der Waals surface area contributed by atoms with Crippen molar-refractivity contribution >= 4 is 34.3 Å². The Hall–Kier alpha value is -0.850. The molecular weight excluding hydrogens is 256 g/mol. The summed E-state index contributed by atoms with van der Waals surface area (Å²) in [5.74, 6) is 0.881. The van der Waals surface area contributed by atoms with Crippen LogP contribution in [0.4, 0.5) is 0 Å². The summed E-state index contributed by atoms with van der Waals surface area (Å²) in [6.07, 6.45) is 5.34. The van der Waals surface area contributed by atoms with E-state index in [0.717, 1.165) is 41.5 Å². The van der Waals surface area contributed by atoms with Gasteiger partial charge in [0.15, 0.2) is 11.2 Å². The number of carbonyl (C=O) groups is 1. The fraction of sp³-hybridized carbons (Fsp3) is 0.455. The van der Waals surface area contributed by atoms with Gasteiger partial charge in [0, 0.05) is 23.9 Å². The molecule has 90 valence electrons. The second-order valence-corrected chi connectivity index (χ2v) is 5.80. The smallest absolute Gasteiger partial charge is 0.195 e. The van der Waals surface area contributed by atoms with Gasteiger partial charge in [-0.1, -0.05) is 0 Å². The number of fused-ring (bicyclic) bond motifs is 1. The zero-order valence-electron chi connectivity index (χ0n) is 9.17. The van der Waals surface area contributed by atoms with E-state index in [1.807, 2.05) is 16.0 Å². The van der Waals surface area contributed by atoms with Crippen molar-refractivity contribution in [2.24, 2.45) is 0 Å². The topological polar surface area (TPSA) is 43.6 Å². The van der Waals surface area contributed by atoms with Gasteiger partial charge in [-0.3, -0.25) is 9.20 Å². The number of nitrogens with zero attached hydrogens (tertiary/aromatic N) is 2. The monoisotopic (exact) mass is 268 g/mol. The van der Waals surface area contributed by atoms with Crippen molar-refractivity contribution in [3.05, 3.63) is 17.3 Å². The van der Waals surface area contributed by atoms with E-state index in [0.29, 0.717) is 11.8 Å². The molecule has 0 N–H and O–H groups in total. The average molecular weight is 268 g/mol. The van der Waals surface area contributed by atoms with Gasteiger partial charge >= 0.3 is 0 Å². The number of hydrogen-bond donors (Lipinski definition) is 0. The number of thiazole rings is 1. The lowest BCUT2D eigenvalue weighted by atomic mass is 10.3. The molecule has 2 aromatic rings. The molecule has 1 unspecified atom stereocenters. The maximum Gasteiger partial charge on any atom is 0.195 e. The van der Waals surface area contributed by atoms with Crippen molar-refractivity contribution in [2.75, 3.05) is 12.4 Å². The van der Waals surface area contributed by atoms with Crippen LogP contribution in [0.25, 0.3) is 4.96 Å². The lowest BCUT2D eigenvalue weighted by molar-refractivity contribution is 0.111. The second kappa shape index (κ2) is 4.80. The Bertz CT molecular complexity index is 529. The third-order valence-electron chi connectivity index (χ3n) is 2.81. The largest absolute Gasteiger partial charge is 0.377 e. The first-order valence-electron chi connectivity index (χ1n) is 5.53. The molecule has 1 aliphatic heterocycles. The molecule has 3 rings (SSSR count). The van der Waals surface area contributed by atoms with Crippen molar-refractivity contribution in [2.45, 2.75) is 24.0 Å². The highest BCUT2D eigenvalue weighted by molar-refractivity contribution is 7.99. The Morgan fingerprint density at radius 2 is 2.65 bits per heavy atom. The molecule has 2 aromatic heterocycles. The molecule has 17 heavy (non-hydrogen) atoms. The molecule has 0 aliphatic carbocycles. The van der Waals surface area contributed by atoms with Crippen LogP contribution in [-0.4, -0.2) is 34.1 Å². The Morgan fingerprint density at radius 3 is 3.41 bits per heavy atom. The lowest BCUT2D eigenvalue weighted by Gasteiger charge is -2.06. The molecule has 0 bridgehead atoms. The number of ether oxygens (including phenoxy) is 1. The number of aldehydes is 1. The van der Waals surface area contributed by atoms with E-state index in [9.17, 15) is 4.79 Å². The van der Waals surface area contributed by atoms with Gasteiger partial charge in [0.1, 0.15) is 10.7 Å². The Morgan fingerprint density at radius 1 is 1.71 bits per heavy atom. The quantitative estimate of drug-likeness (QED) is 0.631. The second-order valence-electron chi connectivity index (χ2n) is 3.92. The first-order valence-corrected chi connectivity index (χ1v) is 7.40. The summed E-state index contributed by atoms with van der Waals surface area (Å²) in [6, 6.07) is 0. The minimum absolute atomic E-state index is 0.319. The number of hydrogen-bond acceptors (Lipinski definition) is 5. The lowest BCUT2D eigenvalue weighted by Crippen LogP contribution is -2.08. The van der Waals surface area contributed by atoms with Gasteiger partial charge in [0.05, 0.1) is 6.10 Å². The molecule has 0 saturated carbocycles. The van der Waals surface area contributed by atoms with E-state index >= 15 is 0 Å². The Balaban J connectivity index is 1.79. The highest BCUT2D eigenvalue weighted by atomic mass is 32.2. The van der Waals surface area contributed by atoms with Gasteiger partial charge in [-0.25, -0.2) is 4.98 Å². The summed E-state index contributed by atoms with van der Waals surface area (Å²) in [4.78, 5) is 16.4. The molecule has 1 fully saturated rings. The number of imidazole rings is 1. The van der Waals surface area contributed by atoms with E-state index in [1.54, 1.807) is 23.1 Å². The van der Waals surface area contributed by atoms with Crippen molar-refractivity contribution in [3.63, 3.8) is 0 Å². The first kappa shape index (κ1) is 11.3. The minimum Gasteiger partial charge on any atom is -0.377 e. The van der Waals surface area contributed by atoms with Gasteiger partial charge < -0.3 is 4.74 Å². The van der Waals surface area contributed by atoms with Crippen molar-refractivity contribution < 1.29 is 9.53 Å². The predicted octanol–water partition coefficient (Wildman–Crippen LogP) is 2.48. The number of aromatic nitrogens is 2. The number of thioether (sulfide) groups is 1. The minimum atomic E-state index is 0.319. The van der Waals surface area contributed by atoms with Gasteiger partial charge in [0.2, 0.25) is 0 Å². The highest BCUT2D eigenvalue weighted by Crippen LogP contribution is 2.27. The zero-order chi connectivity index (χ0) is 11.7. The van der Waals surface area contributed by atoms with E-state index in [4.69, 9.17) is 4.74 Å². The van der Waals surface area contributed by atoms with Crippen molar-refractivity contribution in [1.82, 2.24) is 9.38 Å². The number of carbonyl (C=O) groups excluding carboxylic acids is 1. The third kappa shape index (κ3) is 2.12. The van der Waals surface area contributed by atoms with Crippen LogP contribution in [0.1, 0.15) is 23.3 Å². The summed E-state index contributed by atoms with van der Waals surface area (Å²) < 4.78 is 7.41. The van der Waals surface area contributed by atoms with Crippen LogP contribution in [0.2, 0.25) is 0 Å². The van der Waals surface area contributed by atoms with E-state index in [1.165, 1.54) is 0 Å². The molecule has 0 spiro atoms. The van der Waals surface area contributed by atoms with Gasteiger partial charge in [0.25, 0.3) is 0 Å². The maximum atomic E-state index is 11.1. The van der Waals surface area contributed by atoms with E-state index in [2.05, 4.69) is 4.98 Å². The van der Waals surface area contributed by atoms with Gasteiger partial charge in [-0.2, -0.15) is 0 Å². The molecule has 1 saturated heterocycles. The summed E-state index contributed by atoms with van der Waals surface area (Å²) >= 11 is 3.16. The van der Waals surface area contributed by atoms with Crippen LogP contribution < -0.4 is 0 Å². The van der Waals surface area contributed by atoms with Crippen LogP contribution in [0.5, 0.6) is 0 Å². The molecule has 4 nitrogen and oxygen atoms in total. The fourth-order valence-corrected chi connectivity index (χ4v) is 3.78. The van der Waals surface area contributed by atoms with Gasteiger partial charge in [-0.15, -0.1) is 23.1 Å². The number of rotatable bonds is 4. The fourth-order valence-electron chi connectivity index (χ4n) is 1.94. The highest BCUT2D eigenvalue weighted by Gasteiger charge is 2.18. The Kier molecular flexibility index (Phi) is 3.17. The molecule has 1 aliphatic rings. The molecule has 0 radical (unpaired) electrons. The van der Waals surface area contributed by atoms with Crippen LogP contribution in [0.3, 0.4) is 0 Å². The molecular formula is C11H12N2O2S2. The molecule has 3 heterocycles. The molecule has 0 amide bonds. The molecule has 6 heteroatoms. The maximum absolute atomic E-state index is 11.1. The van der Waals surface area contributed by atoms with E-state index < -0.39 is 0 Å². The average Bonchev–Trinajstić information content (AvgIpc) is 3.02. The zero-order valence-corrected chi connectivity index (χ0v) is 10.8. The van der Waals surface area contributed by atoms with Crippen molar-refractivity contribution in [1.29, 1.82) is 0 Å². The summed E-state index contributed by atoms with van der Waals surface area (Å²) in [5.41, 5.74) is 0.657. The van der Waals surface area contributed by atoms with Crippen LogP contribution in [0.15, 0.2) is 16.6 Å². The third-order valence-corrected chi connectivity index (χ3v) is 4.68. The van der Waals surface area contributed by atoms with Crippen molar-refractivity contribution in [3.8, 4) is 0 Å². The summed E-state index contributed by atoms with van der Waals surface area (Å²) in [7, 11) is 0. The van der Waals surface area contributed by atoms with Crippen LogP contribution >= 0.6 is 23.1 Å². The molecule has 0 aromatic carbocycles. The van der Waals surface area contributed by atoms with Crippen LogP contribution in [0, 0.1) is 0 Å². The SMILES string of the molecule is O=Cc1c(SCC2CCCO2)nc2sccn12. The standard InChI is InChI=1S/C11H12N2O2S2/c14-6-9-10(12-11-13(9)3-5-16-11)17-7-8-2-1-4-15-8/h3,5-6,8H,1-2,4,7H2. The summed E-state index contributed by atoms with van der Waals surface area (Å²) in [6.45, 7) is 0.865. The van der Waals surface area contributed by atoms with Gasteiger partial charge in [-0.05, 0) is 12.8 Å². The Labute approximate surface area is 107 Å².